The van der Waals surface area contributed by atoms with Gasteiger partial charge in [0.05, 0.1) is 4.91 Å². The van der Waals surface area contributed by atoms with Crippen molar-refractivity contribution in [3.63, 3.8) is 0 Å². The highest BCUT2D eigenvalue weighted by atomic mass is 32.2. The van der Waals surface area contributed by atoms with Crippen LogP contribution in [0.5, 0.6) is 0 Å². The summed E-state index contributed by atoms with van der Waals surface area (Å²) in [4.78, 5) is 43.6. The van der Waals surface area contributed by atoms with Gasteiger partial charge in [0.2, 0.25) is 0 Å². The third-order valence-corrected chi connectivity index (χ3v) is 7.68. The third kappa shape index (κ3) is 5.94. The van der Waals surface area contributed by atoms with Gasteiger partial charge in [-0.1, -0.05) is 37.3 Å². The molecule has 35 heavy (non-hydrogen) atoms. The Kier molecular flexibility index (Phi) is 9.10. The van der Waals surface area contributed by atoms with E-state index in [9.17, 15) is 19.6 Å². The van der Waals surface area contributed by atoms with Gasteiger partial charge in [0.15, 0.2) is 0 Å². The minimum Gasteiger partial charge on any atom is -0.481 e. The molecule has 2 saturated heterocycles. The Bertz CT molecular complexity index is 1150. The van der Waals surface area contributed by atoms with E-state index in [0.717, 1.165) is 44.8 Å². The summed E-state index contributed by atoms with van der Waals surface area (Å²) < 4.78 is 2.07. The average Bonchev–Trinajstić information content (AvgIpc) is 3.08. The Balaban J connectivity index is 2.11. The lowest BCUT2D eigenvalue weighted by molar-refractivity contribution is -0.137. The van der Waals surface area contributed by atoms with Gasteiger partial charge in [-0.15, -0.1) is 0 Å². The molecular weight excluding hydrogens is 486 g/mol. The van der Waals surface area contributed by atoms with Crippen LogP contribution in [0.2, 0.25) is 0 Å². The first-order chi connectivity index (χ1) is 16.7. The van der Waals surface area contributed by atoms with Gasteiger partial charge in [0.1, 0.15) is 21.8 Å². The number of nitriles is 1. The fraction of sp³-hybridized carbons (Fsp3) is 0.542. The number of hydrogen-bond donors (Lipinski definition) is 1. The predicted molar refractivity (Wildman–Crippen MR) is 142 cm³/mol. The Morgan fingerprint density at radius 1 is 1.20 bits per heavy atom. The van der Waals surface area contributed by atoms with Gasteiger partial charge in [0.25, 0.3) is 11.5 Å². The number of carboxylic acids is 1. The molecule has 0 saturated carbocycles. The summed E-state index contributed by atoms with van der Waals surface area (Å²) in [6.07, 6.45) is 3.70. The second kappa shape index (κ2) is 11.8. The molecule has 0 bridgehead atoms. The fourth-order valence-electron chi connectivity index (χ4n) is 4.24. The molecule has 0 atom stereocenters. The summed E-state index contributed by atoms with van der Waals surface area (Å²) >= 11 is 6.57. The number of anilines is 1. The SMILES string of the molecule is CCCCn1c(N2CCN(C)CC2)c(/C=C2/SC(=S)N(CCCC(=O)O)C2=O)c(C)c(C#N)c1=O. The number of likely N-dealkylation sites (N-methyl/N-ethyl adjacent to an activating group) is 1. The normalized spacial score (nSPS) is 17.9. The number of aliphatic carboxylic acids is 1. The van der Waals surface area contributed by atoms with E-state index in [4.69, 9.17) is 17.3 Å². The number of hydrogen-bond acceptors (Lipinski definition) is 8. The van der Waals surface area contributed by atoms with Gasteiger partial charge in [-0.3, -0.25) is 23.9 Å². The highest BCUT2D eigenvalue weighted by Crippen LogP contribution is 2.36. The first-order valence-corrected chi connectivity index (χ1v) is 13.0. The number of carboxylic acid groups (broad SMARTS) is 1. The Morgan fingerprint density at radius 2 is 1.89 bits per heavy atom. The van der Waals surface area contributed by atoms with Crippen molar-refractivity contribution in [3.8, 4) is 6.07 Å². The number of nitrogens with zero attached hydrogens (tertiary/aromatic N) is 5. The molecule has 9 nitrogen and oxygen atoms in total. The van der Waals surface area contributed by atoms with Crippen LogP contribution in [0, 0.1) is 18.3 Å². The summed E-state index contributed by atoms with van der Waals surface area (Å²) in [6, 6.07) is 2.08. The molecule has 0 unspecified atom stereocenters. The lowest BCUT2D eigenvalue weighted by atomic mass is 10.0. The van der Waals surface area contributed by atoms with Crippen molar-refractivity contribution in [2.24, 2.45) is 0 Å². The van der Waals surface area contributed by atoms with E-state index in [1.807, 2.05) is 0 Å². The van der Waals surface area contributed by atoms with Crippen LogP contribution in [0.1, 0.15) is 49.3 Å². The summed E-state index contributed by atoms with van der Waals surface area (Å²) in [5.74, 6) is -0.458. The van der Waals surface area contributed by atoms with E-state index in [1.54, 1.807) is 17.6 Å². The van der Waals surface area contributed by atoms with Crippen molar-refractivity contribution in [3.05, 3.63) is 31.9 Å². The average molecular weight is 518 g/mol. The molecular formula is C24H31N5O4S2. The predicted octanol–water partition coefficient (Wildman–Crippen LogP) is 2.65. The smallest absolute Gasteiger partial charge is 0.303 e. The van der Waals surface area contributed by atoms with E-state index >= 15 is 0 Å². The number of aromatic nitrogens is 1. The molecule has 1 amide bonds. The van der Waals surface area contributed by atoms with E-state index in [0.29, 0.717) is 33.3 Å². The van der Waals surface area contributed by atoms with Gasteiger partial charge in [-0.25, -0.2) is 0 Å². The van der Waals surface area contributed by atoms with Crippen molar-refractivity contribution in [1.29, 1.82) is 5.26 Å². The van der Waals surface area contributed by atoms with Gasteiger partial charge in [-0.05, 0) is 38.5 Å². The van der Waals surface area contributed by atoms with Gasteiger partial charge in [-0.2, -0.15) is 5.26 Å². The molecule has 1 N–H and O–H groups in total. The standard InChI is InChI=1S/C24H31N5O4S2/c1-4-5-8-28-21(27-12-10-26(3)11-13-27)17(16(2)18(15-25)22(28)32)14-19-23(33)29(24(34)35-19)9-6-7-20(30)31/h14H,4-13H2,1-3H3,(H,30,31)/b19-14+. The number of thioether (sulfide) groups is 1. The van der Waals surface area contributed by atoms with Gasteiger partial charge >= 0.3 is 5.97 Å². The summed E-state index contributed by atoms with van der Waals surface area (Å²) in [7, 11) is 2.06. The molecule has 2 aliphatic heterocycles. The number of rotatable bonds is 9. The van der Waals surface area contributed by atoms with Crippen LogP contribution in [-0.4, -0.2) is 75.4 Å². The van der Waals surface area contributed by atoms with E-state index in [-0.39, 0.29) is 30.0 Å². The Labute approximate surface area is 215 Å². The molecule has 0 aliphatic carbocycles. The Hall–Kier alpha value is -2.68. The zero-order valence-corrected chi connectivity index (χ0v) is 22.0. The first-order valence-electron chi connectivity index (χ1n) is 11.8. The molecule has 0 aromatic carbocycles. The maximum absolute atomic E-state index is 13.3. The lowest BCUT2D eigenvalue weighted by Gasteiger charge is -2.36. The summed E-state index contributed by atoms with van der Waals surface area (Å²) in [5.41, 5.74) is 1.02. The molecule has 0 radical (unpaired) electrons. The van der Waals surface area contributed by atoms with Crippen molar-refractivity contribution >= 4 is 52.1 Å². The van der Waals surface area contributed by atoms with E-state index in [2.05, 4.69) is 29.8 Å². The quantitative estimate of drug-likeness (QED) is 0.390. The number of amides is 1. The number of carbonyl (C=O) groups is 2. The molecule has 3 heterocycles. The van der Waals surface area contributed by atoms with Crippen LogP contribution < -0.4 is 10.5 Å². The number of unbranched alkanes of at least 4 members (excludes halogenated alkanes) is 1. The minimum absolute atomic E-state index is 0.0450. The minimum atomic E-state index is -0.920. The second-order valence-corrected chi connectivity index (χ2v) is 10.5. The lowest BCUT2D eigenvalue weighted by Crippen LogP contribution is -2.47. The van der Waals surface area contributed by atoms with Crippen LogP contribution in [0.25, 0.3) is 6.08 Å². The zero-order chi connectivity index (χ0) is 25.7. The number of carbonyl (C=O) groups excluding carboxylic acids is 1. The van der Waals surface area contributed by atoms with Crippen LogP contribution in [0.4, 0.5) is 5.82 Å². The molecule has 1 aromatic rings. The molecule has 2 aliphatic rings. The molecule has 1 aromatic heterocycles. The monoisotopic (exact) mass is 517 g/mol. The molecule has 3 rings (SSSR count). The number of thiocarbonyl (C=S) groups is 1. The zero-order valence-electron chi connectivity index (χ0n) is 20.4. The van der Waals surface area contributed by atoms with Crippen molar-refractivity contribution < 1.29 is 14.7 Å². The Morgan fingerprint density at radius 3 is 2.49 bits per heavy atom. The van der Waals surface area contributed by atoms with E-state index < -0.39 is 5.97 Å². The second-order valence-electron chi connectivity index (χ2n) is 8.78. The number of piperazine rings is 1. The van der Waals surface area contributed by atoms with Crippen LogP contribution in [0.3, 0.4) is 0 Å². The van der Waals surface area contributed by atoms with Gasteiger partial charge < -0.3 is 14.9 Å². The van der Waals surface area contributed by atoms with E-state index in [1.165, 1.54) is 16.7 Å². The molecule has 11 heteroatoms. The summed E-state index contributed by atoms with van der Waals surface area (Å²) in [6.45, 7) is 7.66. The molecule has 188 valence electrons. The van der Waals surface area contributed by atoms with Crippen LogP contribution in [-0.2, 0) is 16.1 Å². The molecule has 2 fully saturated rings. The first kappa shape index (κ1) is 26.9. The van der Waals surface area contributed by atoms with Crippen LogP contribution >= 0.6 is 24.0 Å². The number of pyridine rings is 1. The summed E-state index contributed by atoms with van der Waals surface area (Å²) in [5, 5.41) is 18.7. The maximum Gasteiger partial charge on any atom is 0.303 e. The molecule has 0 spiro atoms. The fourth-order valence-corrected chi connectivity index (χ4v) is 5.53. The van der Waals surface area contributed by atoms with Crippen LogP contribution in [0.15, 0.2) is 9.70 Å². The van der Waals surface area contributed by atoms with Crippen molar-refractivity contribution in [1.82, 2.24) is 14.4 Å². The highest BCUT2D eigenvalue weighted by Gasteiger charge is 2.33. The topological polar surface area (TPSA) is 110 Å². The maximum atomic E-state index is 13.3. The van der Waals surface area contributed by atoms with Crippen molar-refractivity contribution in [2.75, 3.05) is 44.7 Å². The largest absolute Gasteiger partial charge is 0.481 e. The highest BCUT2D eigenvalue weighted by molar-refractivity contribution is 8.26. The third-order valence-electron chi connectivity index (χ3n) is 6.31. The van der Waals surface area contributed by atoms with Gasteiger partial charge in [0, 0.05) is 51.3 Å². The van der Waals surface area contributed by atoms with Crippen molar-refractivity contribution in [2.45, 2.75) is 46.1 Å².